The van der Waals surface area contributed by atoms with Gasteiger partial charge in [0.1, 0.15) is 0 Å². The quantitative estimate of drug-likeness (QED) is 0.431. The van der Waals surface area contributed by atoms with E-state index in [-0.39, 0.29) is 12.7 Å². The first-order valence-corrected chi connectivity index (χ1v) is 9.72. The third kappa shape index (κ3) is 5.15. The third-order valence-corrected chi connectivity index (χ3v) is 4.22. The fourth-order valence-electron chi connectivity index (χ4n) is 2.95. The number of benzene rings is 2. The number of nitrogens with zero attached hydrogens (tertiary/aromatic N) is 3. The van der Waals surface area contributed by atoms with E-state index < -0.39 is 0 Å². The van der Waals surface area contributed by atoms with Gasteiger partial charge in [0.15, 0.2) is 5.82 Å². The summed E-state index contributed by atoms with van der Waals surface area (Å²) >= 11 is 0. The molecule has 0 aliphatic rings. The highest BCUT2D eigenvalue weighted by Crippen LogP contribution is 2.30. The number of rotatable bonds is 9. The summed E-state index contributed by atoms with van der Waals surface area (Å²) in [6.07, 6.45) is 3.31. The van der Waals surface area contributed by atoms with Crippen molar-refractivity contribution < 1.29 is 9.94 Å². The van der Waals surface area contributed by atoms with Crippen LogP contribution in [0, 0.1) is 0 Å². The molecule has 0 radical (unpaired) electrons. The topological polar surface area (TPSA) is 58.5 Å². The van der Waals surface area contributed by atoms with Crippen LogP contribution < -0.4 is 5.06 Å². The number of aliphatic hydroxyl groups excluding tert-OH is 1. The van der Waals surface area contributed by atoms with Crippen molar-refractivity contribution in [3.05, 3.63) is 66.9 Å². The first-order chi connectivity index (χ1) is 13.7. The lowest BCUT2D eigenvalue weighted by atomic mass is 10.0. The van der Waals surface area contributed by atoms with Gasteiger partial charge < -0.3 is 5.11 Å². The first kappa shape index (κ1) is 20.0. The van der Waals surface area contributed by atoms with Crippen LogP contribution in [0.15, 0.2) is 66.9 Å². The number of aliphatic hydroxyl groups is 1. The van der Waals surface area contributed by atoms with E-state index in [1.807, 2.05) is 74.5 Å². The minimum atomic E-state index is 0.0184. The number of aromatic nitrogens is 2. The van der Waals surface area contributed by atoms with E-state index in [2.05, 4.69) is 0 Å². The predicted molar refractivity (Wildman–Crippen MR) is 113 cm³/mol. The average Bonchev–Trinajstić information content (AvgIpc) is 2.74. The van der Waals surface area contributed by atoms with Crippen LogP contribution in [-0.4, -0.2) is 34.3 Å². The molecule has 5 heteroatoms. The fraction of sp³-hybridized carbons (Fsp3) is 0.304. The lowest BCUT2D eigenvalue weighted by Crippen LogP contribution is -2.29. The van der Waals surface area contributed by atoms with Crippen LogP contribution in [0.1, 0.15) is 26.7 Å². The number of unbranched alkanes of at least 4 members (excludes halogenated alkanes) is 1. The van der Waals surface area contributed by atoms with Gasteiger partial charge in [-0.05, 0) is 26.7 Å². The van der Waals surface area contributed by atoms with Crippen molar-refractivity contribution >= 4 is 5.82 Å². The largest absolute Gasteiger partial charge is 0.396 e. The first-order valence-electron chi connectivity index (χ1n) is 9.72. The molecule has 0 fully saturated rings. The van der Waals surface area contributed by atoms with Crippen LogP contribution in [0.5, 0.6) is 0 Å². The SMILES string of the molecule is CC(C)ON(CCCCO)c1cnc(-c2ccccc2)c(-c2ccccc2)n1. The molecule has 1 N–H and O–H groups in total. The Hall–Kier alpha value is -2.76. The second-order valence-corrected chi connectivity index (χ2v) is 6.84. The van der Waals surface area contributed by atoms with E-state index in [4.69, 9.17) is 19.9 Å². The number of hydrogen-bond acceptors (Lipinski definition) is 5. The van der Waals surface area contributed by atoms with Crippen molar-refractivity contribution in [3.63, 3.8) is 0 Å². The monoisotopic (exact) mass is 377 g/mol. The van der Waals surface area contributed by atoms with Crippen molar-refractivity contribution in [2.75, 3.05) is 18.2 Å². The summed E-state index contributed by atoms with van der Waals surface area (Å²) in [7, 11) is 0. The smallest absolute Gasteiger partial charge is 0.171 e. The highest BCUT2D eigenvalue weighted by molar-refractivity contribution is 5.78. The Bertz CT molecular complexity index is 854. The van der Waals surface area contributed by atoms with Crippen LogP contribution in [0.2, 0.25) is 0 Å². The molecule has 0 bridgehead atoms. The molecule has 0 amide bonds. The predicted octanol–water partition coefficient (Wildman–Crippen LogP) is 4.73. The molecule has 28 heavy (non-hydrogen) atoms. The van der Waals surface area contributed by atoms with Crippen molar-refractivity contribution in [1.29, 1.82) is 0 Å². The molecule has 0 aliphatic carbocycles. The summed E-state index contributed by atoms with van der Waals surface area (Å²) in [6.45, 7) is 4.79. The normalized spacial score (nSPS) is 11.0. The van der Waals surface area contributed by atoms with Crippen LogP contribution >= 0.6 is 0 Å². The van der Waals surface area contributed by atoms with Crippen molar-refractivity contribution in [1.82, 2.24) is 9.97 Å². The summed E-state index contributed by atoms with van der Waals surface area (Å²) < 4.78 is 0. The summed E-state index contributed by atoms with van der Waals surface area (Å²) in [5.41, 5.74) is 3.70. The van der Waals surface area contributed by atoms with Gasteiger partial charge in [0, 0.05) is 24.3 Å². The van der Waals surface area contributed by atoms with E-state index in [9.17, 15) is 0 Å². The molecule has 0 unspecified atom stereocenters. The molecule has 2 aromatic carbocycles. The zero-order valence-corrected chi connectivity index (χ0v) is 16.5. The molecule has 0 spiro atoms. The van der Waals surface area contributed by atoms with Gasteiger partial charge in [-0.3, -0.25) is 9.82 Å². The maximum Gasteiger partial charge on any atom is 0.171 e. The highest BCUT2D eigenvalue weighted by atomic mass is 16.7. The summed E-state index contributed by atoms with van der Waals surface area (Å²) in [5.74, 6) is 0.671. The lowest BCUT2D eigenvalue weighted by Gasteiger charge is -2.25. The Morgan fingerprint density at radius 2 is 1.50 bits per heavy atom. The number of hydroxylamine groups is 1. The maximum absolute atomic E-state index is 9.10. The van der Waals surface area contributed by atoms with Crippen LogP contribution in [-0.2, 0) is 4.84 Å². The molecule has 0 aliphatic heterocycles. The molecular weight excluding hydrogens is 350 g/mol. The maximum atomic E-state index is 9.10. The Morgan fingerprint density at radius 1 is 0.893 bits per heavy atom. The molecule has 0 saturated carbocycles. The molecule has 3 aromatic rings. The van der Waals surface area contributed by atoms with Crippen LogP contribution in [0.4, 0.5) is 5.82 Å². The Morgan fingerprint density at radius 3 is 2.07 bits per heavy atom. The summed E-state index contributed by atoms with van der Waals surface area (Å²) in [6, 6.07) is 20.2. The van der Waals surface area contributed by atoms with Gasteiger partial charge in [0.25, 0.3) is 0 Å². The highest BCUT2D eigenvalue weighted by Gasteiger charge is 2.17. The van der Waals surface area contributed by atoms with Gasteiger partial charge in [0.05, 0.1) is 23.7 Å². The molecule has 146 valence electrons. The number of hydrogen-bond donors (Lipinski definition) is 1. The van der Waals surface area contributed by atoms with Crippen LogP contribution in [0.3, 0.4) is 0 Å². The van der Waals surface area contributed by atoms with Gasteiger partial charge in [-0.1, -0.05) is 60.7 Å². The van der Waals surface area contributed by atoms with E-state index >= 15 is 0 Å². The minimum Gasteiger partial charge on any atom is -0.396 e. The van der Waals surface area contributed by atoms with Crippen LogP contribution in [0.25, 0.3) is 22.5 Å². The van der Waals surface area contributed by atoms with Gasteiger partial charge in [-0.25, -0.2) is 10.0 Å². The molecule has 1 heterocycles. The van der Waals surface area contributed by atoms with E-state index in [1.165, 1.54) is 0 Å². The number of anilines is 1. The lowest BCUT2D eigenvalue weighted by molar-refractivity contribution is 0.0530. The fourth-order valence-corrected chi connectivity index (χ4v) is 2.95. The van der Waals surface area contributed by atoms with E-state index in [0.29, 0.717) is 12.4 Å². The Balaban J connectivity index is 2.03. The third-order valence-electron chi connectivity index (χ3n) is 4.22. The van der Waals surface area contributed by atoms with Gasteiger partial charge in [-0.15, -0.1) is 0 Å². The second-order valence-electron chi connectivity index (χ2n) is 6.84. The molecule has 3 rings (SSSR count). The minimum absolute atomic E-state index is 0.0184. The van der Waals surface area contributed by atoms with Gasteiger partial charge in [-0.2, -0.15) is 0 Å². The standard InChI is InChI=1S/C23H27N3O2/c1-18(2)28-26(15-9-10-16-27)21-17-24-22(19-11-5-3-6-12-19)23(25-21)20-13-7-4-8-14-20/h3-8,11-14,17-18,27H,9-10,15-16H2,1-2H3. The molecule has 5 nitrogen and oxygen atoms in total. The average molecular weight is 377 g/mol. The molecular formula is C23H27N3O2. The van der Waals surface area contributed by atoms with E-state index in [0.717, 1.165) is 35.4 Å². The molecule has 1 aromatic heterocycles. The zero-order valence-electron chi connectivity index (χ0n) is 16.5. The van der Waals surface area contributed by atoms with Crippen molar-refractivity contribution in [3.8, 4) is 22.5 Å². The molecule has 0 saturated heterocycles. The Labute approximate surface area is 166 Å². The zero-order chi connectivity index (χ0) is 19.8. The van der Waals surface area contributed by atoms with Crippen molar-refractivity contribution in [2.24, 2.45) is 0 Å². The van der Waals surface area contributed by atoms with Gasteiger partial charge >= 0.3 is 0 Å². The second kappa shape index (κ2) is 9.97. The van der Waals surface area contributed by atoms with Crippen molar-refractivity contribution in [2.45, 2.75) is 32.8 Å². The summed E-state index contributed by atoms with van der Waals surface area (Å²) in [4.78, 5) is 15.6. The Kier molecular flexibility index (Phi) is 7.12. The summed E-state index contributed by atoms with van der Waals surface area (Å²) in [5, 5.41) is 10.9. The molecule has 0 atom stereocenters. The van der Waals surface area contributed by atoms with E-state index in [1.54, 1.807) is 11.3 Å². The van der Waals surface area contributed by atoms with Gasteiger partial charge in [0.2, 0.25) is 0 Å².